The molecule has 0 saturated carbocycles. The lowest BCUT2D eigenvalue weighted by Gasteiger charge is -2.09. The Morgan fingerprint density at radius 2 is 2.00 bits per heavy atom. The highest BCUT2D eigenvalue weighted by atomic mass is 32.1. The first-order chi connectivity index (χ1) is 7.79. The number of thiocarbonyl (C=S) groups is 1. The molecule has 1 rings (SSSR count). The van der Waals surface area contributed by atoms with E-state index in [1.807, 2.05) is 0 Å². The molecular weight excluding hydrogens is 258 g/mol. The summed E-state index contributed by atoms with van der Waals surface area (Å²) in [6.45, 7) is -1.91. The van der Waals surface area contributed by atoms with E-state index in [0.717, 1.165) is 6.07 Å². The van der Waals surface area contributed by atoms with E-state index in [2.05, 4.69) is 17.0 Å². The third kappa shape index (κ3) is 4.66. The zero-order valence-electron chi connectivity index (χ0n) is 8.55. The Kier molecular flexibility index (Phi) is 4.41. The number of nitrogens with two attached hydrogens (primary N) is 1. The molecule has 0 aliphatic heterocycles. The van der Waals surface area contributed by atoms with Gasteiger partial charge in [0.05, 0.1) is 6.61 Å². The van der Waals surface area contributed by atoms with Crippen LogP contribution in [-0.4, -0.2) is 17.8 Å². The molecule has 1 aromatic rings. The summed E-state index contributed by atoms with van der Waals surface area (Å²) < 4.78 is 53.0. The highest BCUT2D eigenvalue weighted by Gasteiger charge is 2.27. The lowest BCUT2D eigenvalue weighted by molar-refractivity contribution is -0.176. The molecule has 0 bridgehead atoms. The number of rotatable bonds is 4. The highest BCUT2D eigenvalue weighted by molar-refractivity contribution is 7.80. The summed E-state index contributed by atoms with van der Waals surface area (Å²) >= 11 is 4.67. The van der Waals surface area contributed by atoms with Gasteiger partial charge in [-0.1, -0.05) is 12.2 Å². The fraction of sp³-hybridized carbons (Fsp3) is 0.300. The molecule has 0 saturated heterocycles. The molecule has 0 unspecified atom stereocenters. The maximum Gasteiger partial charge on any atom is 0.411 e. The smallest absolute Gasteiger partial charge is 0.389 e. The monoisotopic (exact) mass is 267 g/mol. The topological polar surface area (TPSA) is 35.2 Å². The molecule has 0 aliphatic carbocycles. The van der Waals surface area contributed by atoms with Crippen LogP contribution in [0.25, 0.3) is 0 Å². The summed E-state index contributed by atoms with van der Waals surface area (Å²) in [4.78, 5) is 0.0436. The molecule has 0 aromatic heterocycles. The minimum absolute atomic E-state index is 0.0143. The second-order valence-corrected chi connectivity index (χ2v) is 3.72. The molecule has 0 heterocycles. The van der Waals surface area contributed by atoms with Crippen molar-refractivity contribution < 1.29 is 22.3 Å². The van der Waals surface area contributed by atoms with Crippen LogP contribution < -0.4 is 5.73 Å². The molecule has 1 aromatic carbocycles. The lowest BCUT2D eigenvalue weighted by Crippen LogP contribution is -2.17. The van der Waals surface area contributed by atoms with E-state index in [1.54, 1.807) is 0 Å². The Morgan fingerprint density at radius 1 is 1.35 bits per heavy atom. The average Bonchev–Trinajstić information content (AvgIpc) is 2.18. The van der Waals surface area contributed by atoms with Crippen LogP contribution in [0.15, 0.2) is 18.2 Å². The van der Waals surface area contributed by atoms with Crippen molar-refractivity contribution in [1.82, 2.24) is 0 Å². The molecule has 0 radical (unpaired) electrons. The molecule has 0 spiro atoms. The third-order valence-electron chi connectivity index (χ3n) is 1.85. The van der Waals surface area contributed by atoms with Gasteiger partial charge in [0, 0.05) is 11.1 Å². The van der Waals surface area contributed by atoms with Gasteiger partial charge in [-0.2, -0.15) is 13.2 Å². The van der Waals surface area contributed by atoms with Crippen LogP contribution in [0, 0.1) is 5.82 Å². The van der Waals surface area contributed by atoms with Gasteiger partial charge in [-0.25, -0.2) is 4.39 Å². The Hall–Kier alpha value is -1.21. The standard InChI is InChI=1S/C10H9F4NOS/c11-8-2-1-6(9(15)17)3-7(8)4-16-5-10(12,13)14/h1-3H,4-5H2,(H2,15,17). The van der Waals surface area contributed by atoms with Crippen molar-refractivity contribution in [2.75, 3.05) is 6.61 Å². The normalized spacial score (nSPS) is 11.5. The van der Waals surface area contributed by atoms with Crippen molar-refractivity contribution in [2.24, 2.45) is 5.73 Å². The quantitative estimate of drug-likeness (QED) is 0.672. The SMILES string of the molecule is NC(=S)c1ccc(F)c(COCC(F)(F)F)c1. The van der Waals surface area contributed by atoms with Gasteiger partial charge in [-0.05, 0) is 18.2 Å². The van der Waals surface area contributed by atoms with Gasteiger partial charge in [-0.3, -0.25) is 0 Å². The van der Waals surface area contributed by atoms with E-state index in [0.29, 0.717) is 5.56 Å². The van der Waals surface area contributed by atoms with Gasteiger partial charge in [0.1, 0.15) is 17.4 Å². The fourth-order valence-corrected chi connectivity index (χ4v) is 1.24. The Bertz CT molecular complexity index is 419. The van der Waals surface area contributed by atoms with E-state index in [4.69, 9.17) is 5.73 Å². The van der Waals surface area contributed by atoms with Crippen LogP contribution >= 0.6 is 12.2 Å². The number of hydrogen-bond donors (Lipinski definition) is 1. The van der Waals surface area contributed by atoms with Crippen molar-refractivity contribution >= 4 is 17.2 Å². The summed E-state index contributed by atoms with van der Waals surface area (Å²) in [5, 5.41) is 0. The first-order valence-electron chi connectivity index (χ1n) is 4.52. The molecule has 0 amide bonds. The molecular formula is C10H9F4NOS. The van der Waals surface area contributed by atoms with Crippen LogP contribution in [0.4, 0.5) is 17.6 Å². The number of hydrogen-bond acceptors (Lipinski definition) is 2. The van der Waals surface area contributed by atoms with Gasteiger partial charge in [0.25, 0.3) is 0 Å². The minimum Gasteiger partial charge on any atom is -0.389 e. The zero-order valence-corrected chi connectivity index (χ0v) is 9.37. The molecule has 2 N–H and O–H groups in total. The molecule has 94 valence electrons. The van der Waals surface area contributed by atoms with Crippen LogP contribution in [0.2, 0.25) is 0 Å². The second kappa shape index (κ2) is 5.42. The zero-order chi connectivity index (χ0) is 13.1. The maximum atomic E-state index is 13.2. The van der Waals surface area contributed by atoms with Gasteiger partial charge >= 0.3 is 6.18 Å². The van der Waals surface area contributed by atoms with Crippen LogP contribution in [0.3, 0.4) is 0 Å². The van der Waals surface area contributed by atoms with Crippen LogP contribution in [0.1, 0.15) is 11.1 Å². The molecule has 2 nitrogen and oxygen atoms in total. The van der Waals surface area contributed by atoms with Crippen molar-refractivity contribution in [3.8, 4) is 0 Å². The van der Waals surface area contributed by atoms with Crippen molar-refractivity contribution in [2.45, 2.75) is 12.8 Å². The number of benzene rings is 1. The second-order valence-electron chi connectivity index (χ2n) is 3.28. The predicted octanol–water partition coefficient (Wildman–Crippen LogP) is 2.54. The Labute approximate surface area is 100 Å². The third-order valence-corrected chi connectivity index (χ3v) is 2.09. The van der Waals surface area contributed by atoms with E-state index < -0.39 is 25.2 Å². The molecule has 7 heteroatoms. The number of halogens is 4. The lowest BCUT2D eigenvalue weighted by atomic mass is 10.1. The Balaban J connectivity index is 2.70. The van der Waals surface area contributed by atoms with Crippen molar-refractivity contribution in [3.63, 3.8) is 0 Å². The van der Waals surface area contributed by atoms with Gasteiger partial charge in [-0.15, -0.1) is 0 Å². The van der Waals surface area contributed by atoms with E-state index in [1.165, 1.54) is 12.1 Å². The van der Waals surface area contributed by atoms with Gasteiger partial charge in [0.2, 0.25) is 0 Å². The van der Waals surface area contributed by atoms with Crippen molar-refractivity contribution in [3.05, 3.63) is 35.1 Å². The summed E-state index contributed by atoms with van der Waals surface area (Å²) in [5.41, 5.74) is 5.69. The van der Waals surface area contributed by atoms with Crippen molar-refractivity contribution in [1.29, 1.82) is 0 Å². The van der Waals surface area contributed by atoms with E-state index in [9.17, 15) is 17.6 Å². The predicted molar refractivity (Wildman–Crippen MR) is 58.0 cm³/mol. The van der Waals surface area contributed by atoms with Gasteiger partial charge < -0.3 is 10.5 Å². The molecule has 0 fully saturated rings. The largest absolute Gasteiger partial charge is 0.411 e. The van der Waals surface area contributed by atoms with Crippen LogP contribution in [-0.2, 0) is 11.3 Å². The van der Waals surface area contributed by atoms with Crippen LogP contribution in [0.5, 0.6) is 0 Å². The fourth-order valence-electron chi connectivity index (χ4n) is 1.12. The summed E-state index contributed by atoms with van der Waals surface area (Å²) in [7, 11) is 0. The Morgan fingerprint density at radius 3 is 2.53 bits per heavy atom. The van der Waals surface area contributed by atoms with Gasteiger partial charge in [0.15, 0.2) is 0 Å². The van der Waals surface area contributed by atoms with E-state index >= 15 is 0 Å². The van der Waals surface area contributed by atoms with E-state index in [-0.39, 0.29) is 10.6 Å². The summed E-state index contributed by atoms with van der Waals surface area (Å²) in [5.74, 6) is -0.660. The average molecular weight is 267 g/mol. The molecule has 0 atom stereocenters. The first kappa shape index (κ1) is 13.9. The number of ether oxygens (including phenoxy) is 1. The summed E-state index contributed by atoms with van der Waals surface area (Å²) in [6, 6.07) is 3.71. The summed E-state index contributed by atoms with van der Waals surface area (Å²) in [6.07, 6.45) is -4.43. The minimum atomic E-state index is -4.43. The number of alkyl halides is 3. The first-order valence-corrected chi connectivity index (χ1v) is 4.93. The molecule has 0 aliphatic rings. The molecule has 17 heavy (non-hydrogen) atoms. The maximum absolute atomic E-state index is 13.2. The highest BCUT2D eigenvalue weighted by Crippen LogP contribution is 2.17.